The Labute approximate surface area is 130 Å². The highest BCUT2D eigenvalue weighted by Crippen LogP contribution is 2.29. The zero-order chi connectivity index (χ0) is 15.9. The quantitative estimate of drug-likeness (QED) is 0.898. The first-order valence-corrected chi connectivity index (χ1v) is 8.84. The third-order valence-electron chi connectivity index (χ3n) is 4.64. The highest BCUT2D eigenvalue weighted by atomic mass is 32.2. The average molecular weight is 324 g/mol. The van der Waals surface area contributed by atoms with E-state index in [4.69, 9.17) is 0 Å². The molecule has 7 heteroatoms. The Morgan fingerprint density at radius 1 is 1.18 bits per heavy atom. The van der Waals surface area contributed by atoms with Crippen LogP contribution in [-0.2, 0) is 28.0 Å². The molecule has 2 heterocycles. The van der Waals surface area contributed by atoms with Crippen LogP contribution in [0.25, 0.3) is 0 Å². The average Bonchev–Trinajstić information content (AvgIpc) is 2.89. The fourth-order valence-electron chi connectivity index (χ4n) is 3.26. The van der Waals surface area contributed by atoms with Crippen molar-refractivity contribution in [2.75, 3.05) is 19.6 Å². The smallest absolute Gasteiger partial charge is 0.308 e. The molecule has 3 rings (SSSR count). The second-order valence-electron chi connectivity index (χ2n) is 6.10. The van der Waals surface area contributed by atoms with E-state index in [2.05, 4.69) is 0 Å². The van der Waals surface area contributed by atoms with Crippen LogP contribution in [0.3, 0.4) is 0 Å². The van der Waals surface area contributed by atoms with Crippen molar-refractivity contribution in [3.8, 4) is 0 Å². The molecule has 0 unspecified atom stereocenters. The second-order valence-corrected chi connectivity index (χ2v) is 8.03. The number of nitrogens with zero attached hydrogens (tertiary/aromatic N) is 2. The summed E-state index contributed by atoms with van der Waals surface area (Å²) in [6.07, 6.45) is 0.696. The number of carboxylic acids is 1. The van der Waals surface area contributed by atoms with E-state index in [0.717, 1.165) is 5.56 Å². The van der Waals surface area contributed by atoms with Crippen LogP contribution in [0.5, 0.6) is 0 Å². The van der Waals surface area contributed by atoms with Crippen molar-refractivity contribution in [1.29, 1.82) is 0 Å². The monoisotopic (exact) mass is 324 g/mol. The first-order valence-electron chi connectivity index (χ1n) is 7.44. The largest absolute Gasteiger partial charge is 0.481 e. The maximum Gasteiger partial charge on any atom is 0.308 e. The predicted octanol–water partition coefficient (Wildman–Crippen LogP) is 0.942. The van der Waals surface area contributed by atoms with Crippen LogP contribution in [0.1, 0.15) is 18.1 Å². The van der Waals surface area contributed by atoms with Crippen LogP contribution in [0.15, 0.2) is 24.3 Å². The van der Waals surface area contributed by atoms with Crippen molar-refractivity contribution in [3.63, 3.8) is 0 Å². The molecule has 1 saturated heterocycles. The fourth-order valence-corrected chi connectivity index (χ4v) is 4.99. The summed E-state index contributed by atoms with van der Waals surface area (Å²) in [6, 6.07) is 7.84. The van der Waals surface area contributed by atoms with Gasteiger partial charge >= 0.3 is 5.97 Å². The van der Waals surface area contributed by atoms with E-state index in [0.29, 0.717) is 19.5 Å². The molecule has 1 N–H and O–H groups in total. The summed E-state index contributed by atoms with van der Waals surface area (Å²) in [5.41, 5.74) is 2.21. The minimum Gasteiger partial charge on any atom is -0.481 e. The van der Waals surface area contributed by atoms with Crippen LogP contribution in [0.4, 0.5) is 0 Å². The van der Waals surface area contributed by atoms with Gasteiger partial charge < -0.3 is 5.11 Å². The summed E-state index contributed by atoms with van der Waals surface area (Å²) in [5, 5.41) is 9.17. The molecule has 0 bridgehead atoms. The molecule has 0 aliphatic carbocycles. The van der Waals surface area contributed by atoms with Gasteiger partial charge in [-0.05, 0) is 23.5 Å². The summed E-state index contributed by atoms with van der Waals surface area (Å²) >= 11 is 0. The molecule has 1 aromatic rings. The standard InChI is InChI=1S/C15H20N2O4S/c1-11-8-17(10-14(11)15(18)19)22(20,21)16-7-6-12-4-2-3-5-13(12)9-16/h2-5,11,14H,6-10H2,1H3,(H,18,19)/t11-,14-/m1/s1. The van der Waals surface area contributed by atoms with Gasteiger partial charge in [0.05, 0.1) is 5.92 Å². The van der Waals surface area contributed by atoms with Crippen molar-refractivity contribution in [1.82, 2.24) is 8.61 Å². The fraction of sp³-hybridized carbons (Fsp3) is 0.533. The lowest BCUT2D eigenvalue weighted by Crippen LogP contribution is -2.45. The maximum atomic E-state index is 12.8. The zero-order valence-corrected chi connectivity index (χ0v) is 13.3. The number of carbonyl (C=O) groups is 1. The third-order valence-corrected chi connectivity index (χ3v) is 6.56. The van der Waals surface area contributed by atoms with Gasteiger partial charge in [0, 0.05) is 26.2 Å². The van der Waals surface area contributed by atoms with E-state index in [1.54, 1.807) is 6.92 Å². The van der Waals surface area contributed by atoms with Crippen molar-refractivity contribution in [2.24, 2.45) is 11.8 Å². The van der Waals surface area contributed by atoms with Crippen LogP contribution in [0.2, 0.25) is 0 Å². The molecule has 120 valence electrons. The molecule has 1 aromatic carbocycles. The van der Waals surface area contributed by atoms with Crippen LogP contribution in [-0.4, -0.2) is 47.7 Å². The number of hydrogen-bond donors (Lipinski definition) is 1. The lowest BCUT2D eigenvalue weighted by Gasteiger charge is -2.31. The van der Waals surface area contributed by atoms with E-state index >= 15 is 0 Å². The Balaban J connectivity index is 1.79. The van der Waals surface area contributed by atoms with Gasteiger partial charge in [0.2, 0.25) is 0 Å². The normalized spacial score (nSPS) is 26.8. The van der Waals surface area contributed by atoms with Crippen LogP contribution >= 0.6 is 0 Å². The highest BCUT2D eigenvalue weighted by molar-refractivity contribution is 7.86. The van der Waals surface area contributed by atoms with Gasteiger partial charge in [-0.3, -0.25) is 4.79 Å². The first-order chi connectivity index (χ1) is 10.4. The molecule has 2 aliphatic heterocycles. The Morgan fingerprint density at radius 3 is 2.50 bits per heavy atom. The van der Waals surface area contributed by atoms with E-state index in [-0.39, 0.29) is 19.0 Å². The summed E-state index contributed by atoms with van der Waals surface area (Å²) in [4.78, 5) is 11.2. The molecular formula is C15H20N2O4S. The minimum atomic E-state index is -3.60. The van der Waals surface area contributed by atoms with Crippen LogP contribution < -0.4 is 0 Å². The highest BCUT2D eigenvalue weighted by Gasteiger charge is 2.42. The first kappa shape index (κ1) is 15.5. The molecular weight excluding hydrogens is 304 g/mol. The number of benzene rings is 1. The zero-order valence-electron chi connectivity index (χ0n) is 12.5. The molecule has 2 aliphatic rings. The lowest BCUT2D eigenvalue weighted by atomic mass is 9.99. The van der Waals surface area contributed by atoms with Crippen molar-refractivity contribution in [2.45, 2.75) is 19.9 Å². The third kappa shape index (κ3) is 2.64. The van der Waals surface area contributed by atoms with Gasteiger partial charge in [-0.15, -0.1) is 0 Å². The molecule has 0 spiro atoms. The van der Waals surface area contributed by atoms with Gasteiger partial charge in [0.15, 0.2) is 0 Å². The van der Waals surface area contributed by atoms with E-state index in [9.17, 15) is 18.3 Å². The Morgan fingerprint density at radius 2 is 1.86 bits per heavy atom. The maximum absolute atomic E-state index is 12.8. The topological polar surface area (TPSA) is 77.9 Å². The molecule has 22 heavy (non-hydrogen) atoms. The van der Waals surface area contributed by atoms with Gasteiger partial charge in [-0.2, -0.15) is 17.0 Å². The van der Waals surface area contributed by atoms with E-state index in [1.807, 2.05) is 24.3 Å². The Bertz CT molecular complexity index is 689. The number of fused-ring (bicyclic) bond motifs is 1. The SMILES string of the molecule is C[C@@H]1CN(S(=O)(=O)N2CCc3ccccc3C2)C[C@H]1C(=O)O. The Kier molecular flexibility index (Phi) is 3.96. The van der Waals surface area contributed by atoms with Crippen molar-refractivity contribution < 1.29 is 18.3 Å². The van der Waals surface area contributed by atoms with E-state index in [1.165, 1.54) is 14.2 Å². The number of hydrogen-bond acceptors (Lipinski definition) is 3. The summed E-state index contributed by atoms with van der Waals surface area (Å²) < 4.78 is 28.3. The van der Waals surface area contributed by atoms with Crippen molar-refractivity contribution >= 4 is 16.2 Å². The number of carboxylic acid groups (broad SMARTS) is 1. The Hall–Kier alpha value is -1.44. The molecule has 0 radical (unpaired) electrons. The summed E-state index contributed by atoms with van der Waals surface area (Å²) in [5.74, 6) is -1.70. The number of rotatable bonds is 3. The minimum absolute atomic E-state index is 0.0664. The molecule has 0 aromatic heterocycles. The van der Waals surface area contributed by atoms with Crippen molar-refractivity contribution in [3.05, 3.63) is 35.4 Å². The predicted molar refractivity (Wildman–Crippen MR) is 81.3 cm³/mol. The van der Waals surface area contributed by atoms with E-state index < -0.39 is 22.1 Å². The van der Waals surface area contributed by atoms with Crippen LogP contribution in [0, 0.1) is 11.8 Å². The lowest BCUT2D eigenvalue weighted by molar-refractivity contribution is -0.142. The van der Waals surface area contributed by atoms with Gasteiger partial charge in [-0.1, -0.05) is 31.2 Å². The summed E-state index contributed by atoms with van der Waals surface area (Å²) in [6.45, 7) is 2.94. The second kappa shape index (κ2) is 5.64. The molecule has 0 amide bonds. The molecule has 2 atom stereocenters. The van der Waals surface area contributed by atoms with Gasteiger partial charge in [-0.25, -0.2) is 0 Å². The van der Waals surface area contributed by atoms with Gasteiger partial charge in [0.25, 0.3) is 10.2 Å². The molecule has 1 fully saturated rings. The molecule has 6 nitrogen and oxygen atoms in total. The molecule has 0 saturated carbocycles. The van der Waals surface area contributed by atoms with Gasteiger partial charge in [0.1, 0.15) is 0 Å². The number of aliphatic carboxylic acids is 1. The summed E-state index contributed by atoms with van der Waals surface area (Å²) in [7, 11) is -3.60.